The fourth-order valence-corrected chi connectivity index (χ4v) is 3.99. The predicted molar refractivity (Wildman–Crippen MR) is 124 cm³/mol. The first-order chi connectivity index (χ1) is 16.3. The molecular formula is C24H26F3N5O3. The number of hydrogen-bond donors (Lipinski definition) is 2. The second-order valence-electron chi connectivity index (χ2n) is 9.51. The molecule has 0 unspecified atom stereocenters. The van der Waals surface area contributed by atoms with Gasteiger partial charge in [0.1, 0.15) is 11.5 Å². The maximum Gasteiger partial charge on any atom is 0.490 e. The third-order valence-corrected chi connectivity index (χ3v) is 5.56. The molecule has 4 rings (SSSR count). The van der Waals surface area contributed by atoms with Gasteiger partial charge in [-0.15, -0.1) is 0 Å². The molecule has 3 heterocycles. The highest BCUT2D eigenvalue weighted by Gasteiger charge is 2.41. The molecule has 0 fully saturated rings. The third-order valence-electron chi connectivity index (χ3n) is 5.56. The minimum atomic E-state index is -5.04. The van der Waals surface area contributed by atoms with Crippen LogP contribution in [0.2, 0.25) is 0 Å². The molecule has 0 radical (unpaired) electrons. The Morgan fingerprint density at radius 2 is 2.00 bits per heavy atom. The molecule has 3 aromatic rings. The van der Waals surface area contributed by atoms with Crippen LogP contribution in [0.5, 0.6) is 0 Å². The summed E-state index contributed by atoms with van der Waals surface area (Å²) in [6.07, 6.45) is -3.16. The van der Waals surface area contributed by atoms with Gasteiger partial charge in [0.15, 0.2) is 0 Å². The van der Waals surface area contributed by atoms with Crippen LogP contribution in [0.1, 0.15) is 49.4 Å². The topological polar surface area (TPSA) is 98.1 Å². The number of carbonyl (C=O) groups excluding carboxylic acids is 2. The molecule has 2 N–H and O–H groups in total. The van der Waals surface area contributed by atoms with E-state index >= 15 is 0 Å². The van der Waals surface area contributed by atoms with Crippen molar-refractivity contribution in [2.75, 3.05) is 18.5 Å². The van der Waals surface area contributed by atoms with Crippen molar-refractivity contribution in [1.29, 1.82) is 0 Å². The van der Waals surface area contributed by atoms with E-state index in [2.05, 4.69) is 20.4 Å². The lowest BCUT2D eigenvalue weighted by Gasteiger charge is -2.26. The minimum absolute atomic E-state index is 0.109. The van der Waals surface area contributed by atoms with E-state index in [1.54, 1.807) is 16.8 Å². The van der Waals surface area contributed by atoms with Crippen molar-refractivity contribution in [2.45, 2.75) is 51.9 Å². The van der Waals surface area contributed by atoms with Gasteiger partial charge in [0.05, 0.1) is 29.4 Å². The van der Waals surface area contributed by atoms with Gasteiger partial charge in [-0.05, 0) is 39.8 Å². The number of ether oxygens (including phenoxy) is 1. The maximum atomic E-state index is 12.5. The van der Waals surface area contributed by atoms with Gasteiger partial charge >= 0.3 is 12.1 Å². The molecule has 8 nitrogen and oxygen atoms in total. The van der Waals surface area contributed by atoms with Gasteiger partial charge in [-0.3, -0.25) is 4.79 Å². The van der Waals surface area contributed by atoms with Crippen molar-refractivity contribution in [3.63, 3.8) is 0 Å². The summed E-state index contributed by atoms with van der Waals surface area (Å²) in [5, 5.41) is 6.10. The molecule has 0 spiro atoms. The number of rotatable bonds is 5. The molecule has 1 amide bonds. The van der Waals surface area contributed by atoms with Gasteiger partial charge in [0.25, 0.3) is 5.91 Å². The van der Waals surface area contributed by atoms with Gasteiger partial charge in [0, 0.05) is 35.8 Å². The lowest BCUT2D eigenvalue weighted by atomic mass is 10.1. The van der Waals surface area contributed by atoms with Crippen molar-refractivity contribution in [1.82, 2.24) is 19.9 Å². The first-order valence-electron chi connectivity index (χ1n) is 11.1. The molecule has 0 saturated heterocycles. The molecule has 0 aliphatic carbocycles. The van der Waals surface area contributed by atoms with Crippen LogP contribution in [-0.2, 0) is 9.53 Å². The van der Waals surface area contributed by atoms with Crippen LogP contribution in [0.4, 0.5) is 19.0 Å². The zero-order valence-electron chi connectivity index (χ0n) is 19.8. The number of amides is 1. The monoisotopic (exact) mass is 489 g/mol. The highest BCUT2D eigenvalue weighted by molar-refractivity contribution is 5.98. The molecule has 0 saturated carbocycles. The lowest BCUT2D eigenvalue weighted by Crippen LogP contribution is -2.39. The van der Waals surface area contributed by atoms with Crippen LogP contribution < -0.4 is 10.6 Å². The number of aryl methyl sites for hydroxylation is 1. The summed E-state index contributed by atoms with van der Waals surface area (Å²) < 4.78 is 43.3. The number of anilines is 1. The fourth-order valence-electron chi connectivity index (χ4n) is 3.99. The van der Waals surface area contributed by atoms with Crippen LogP contribution >= 0.6 is 0 Å². The van der Waals surface area contributed by atoms with Crippen LogP contribution in [0.15, 0.2) is 30.5 Å². The van der Waals surface area contributed by atoms with E-state index in [4.69, 9.17) is 4.98 Å². The number of benzene rings is 1. The third kappa shape index (κ3) is 5.23. The summed E-state index contributed by atoms with van der Waals surface area (Å²) in [5.74, 6) is -1.87. The molecule has 35 heavy (non-hydrogen) atoms. The summed E-state index contributed by atoms with van der Waals surface area (Å²) in [4.78, 5) is 33.0. The number of alkyl halides is 3. The molecule has 1 atom stereocenters. The van der Waals surface area contributed by atoms with Crippen molar-refractivity contribution in [3.8, 4) is 11.1 Å². The van der Waals surface area contributed by atoms with E-state index in [1.807, 2.05) is 45.9 Å². The number of hydrogen-bond acceptors (Lipinski definition) is 6. The summed E-state index contributed by atoms with van der Waals surface area (Å²) in [6, 6.07) is 6.94. The van der Waals surface area contributed by atoms with E-state index in [0.717, 1.165) is 16.8 Å². The number of nitrogens with one attached hydrogen (secondary N) is 2. The van der Waals surface area contributed by atoms with E-state index in [1.165, 1.54) is 0 Å². The van der Waals surface area contributed by atoms with Crippen LogP contribution in [-0.4, -0.2) is 51.3 Å². The highest BCUT2D eigenvalue weighted by Crippen LogP contribution is 2.33. The zero-order valence-corrected chi connectivity index (χ0v) is 19.8. The van der Waals surface area contributed by atoms with Gasteiger partial charge < -0.3 is 19.9 Å². The molecule has 1 aliphatic rings. The number of nitrogens with zero attached hydrogens (tertiary/aromatic N) is 3. The van der Waals surface area contributed by atoms with Gasteiger partial charge in [-0.25, -0.2) is 14.8 Å². The smallest absolute Gasteiger partial charge is 0.459 e. The quantitative estimate of drug-likeness (QED) is 0.516. The standard InChI is InChI=1S/C24H26F3N5O3/c1-13-20(31-23(2,3)4)30-19-16(6-5-7-17(19)29-13)14-10-18-21(33)28-11-15(32(18)12-14)8-9-35-22(34)24(25,26)27/h5-7,10,12,15H,8-9,11H2,1-4H3,(H,28,33)(H,30,31)/t15-/m1/s1. The number of aromatic nitrogens is 3. The van der Waals surface area contributed by atoms with Gasteiger partial charge in [-0.2, -0.15) is 13.2 Å². The average molecular weight is 489 g/mol. The Hall–Kier alpha value is -3.63. The minimum Gasteiger partial charge on any atom is -0.459 e. The lowest BCUT2D eigenvalue weighted by molar-refractivity contribution is -0.199. The Bertz CT molecular complexity index is 1290. The average Bonchev–Trinajstić information content (AvgIpc) is 3.20. The van der Waals surface area contributed by atoms with Crippen LogP contribution in [0, 0.1) is 6.92 Å². The van der Waals surface area contributed by atoms with Gasteiger partial charge in [0.2, 0.25) is 0 Å². The van der Waals surface area contributed by atoms with E-state index in [0.29, 0.717) is 22.5 Å². The largest absolute Gasteiger partial charge is 0.490 e. The van der Waals surface area contributed by atoms with E-state index in [9.17, 15) is 22.8 Å². The van der Waals surface area contributed by atoms with Gasteiger partial charge in [-0.1, -0.05) is 12.1 Å². The Kier molecular flexibility index (Phi) is 6.20. The molecule has 1 aromatic carbocycles. The Labute approximate surface area is 199 Å². The first-order valence-corrected chi connectivity index (χ1v) is 11.1. The summed E-state index contributed by atoms with van der Waals surface area (Å²) in [6.45, 7) is 7.74. The fraction of sp³-hybridized carbons (Fsp3) is 0.417. The van der Waals surface area contributed by atoms with Crippen molar-refractivity contribution < 1.29 is 27.5 Å². The van der Waals surface area contributed by atoms with Crippen molar-refractivity contribution in [3.05, 3.63) is 41.9 Å². The summed E-state index contributed by atoms with van der Waals surface area (Å²) >= 11 is 0. The van der Waals surface area contributed by atoms with E-state index in [-0.39, 0.29) is 30.5 Å². The number of fused-ring (bicyclic) bond motifs is 2. The zero-order chi connectivity index (χ0) is 25.5. The van der Waals surface area contributed by atoms with Crippen molar-refractivity contribution >= 4 is 28.7 Å². The molecule has 186 valence electrons. The summed E-state index contributed by atoms with van der Waals surface area (Å²) in [5.41, 5.74) is 3.74. The number of carbonyl (C=O) groups is 2. The van der Waals surface area contributed by atoms with Crippen LogP contribution in [0.25, 0.3) is 22.2 Å². The second kappa shape index (κ2) is 8.86. The Morgan fingerprint density at radius 3 is 2.69 bits per heavy atom. The normalized spacial score (nSPS) is 16.1. The molecule has 1 aliphatic heterocycles. The SMILES string of the molecule is Cc1nc2cccc(-c3cc4n(c3)[C@H](CCOC(=O)C(F)(F)F)CNC4=O)c2nc1NC(C)(C)C. The summed E-state index contributed by atoms with van der Waals surface area (Å²) in [7, 11) is 0. The predicted octanol–water partition coefficient (Wildman–Crippen LogP) is 4.40. The second-order valence-corrected chi connectivity index (χ2v) is 9.51. The molecular weight excluding hydrogens is 463 g/mol. The first kappa shape index (κ1) is 24.5. The Balaban J connectivity index is 1.67. The Morgan fingerprint density at radius 1 is 1.26 bits per heavy atom. The van der Waals surface area contributed by atoms with Crippen molar-refractivity contribution in [2.24, 2.45) is 0 Å². The van der Waals surface area contributed by atoms with E-state index < -0.39 is 18.8 Å². The number of esters is 1. The highest BCUT2D eigenvalue weighted by atomic mass is 19.4. The number of halogens is 3. The number of para-hydroxylation sites is 1. The molecule has 11 heteroatoms. The molecule has 2 aromatic heterocycles. The maximum absolute atomic E-state index is 12.5. The molecule has 0 bridgehead atoms. The van der Waals surface area contributed by atoms with Crippen LogP contribution in [0.3, 0.4) is 0 Å².